The number of aromatic hydroxyl groups is 1. The molecule has 5 atom stereocenters. The Labute approximate surface area is 155 Å². The van der Waals surface area contributed by atoms with Crippen LogP contribution in [0.3, 0.4) is 0 Å². The third-order valence-electron chi connectivity index (χ3n) is 7.23. The van der Waals surface area contributed by atoms with Crippen molar-refractivity contribution in [3.63, 3.8) is 0 Å². The maximum Gasteiger partial charge on any atom is 0.422 e. The maximum absolute atomic E-state index is 13.9. The van der Waals surface area contributed by atoms with E-state index in [0.29, 0.717) is 12.8 Å². The number of phenols is 1. The number of hydrogen-bond acceptors (Lipinski definition) is 2. The van der Waals surface area contributed by atoms with Crippen LogP contribution in [-0.2, 0) is 6.42 Å². The number of aryl methyl sites for hydroxylation is 1. The van der Waals surface area contributed by atoms with Crippen LogP contribution in [0.15, 0.2) is 29.3 Å². The molecule has 1 aromatic rings. The Morgan fingerprint density at radius 2 is 1.96 bits per heavy atom. The van der Waals surface area contributed by atoms with Crippen molar-refractivity contribution >= 4 is 11.6 Å². The van der Waals surface area contributed by atoms with Crippen molar-refractivity contribution in [3.8, 4) is 5.75 Å². The third-order valence-corrected chi connectivity index (χ3v) is 7.66. The predicted octanol–water partition coefficient (Wildman–Crippen LogP) is 5.27. The van der Waals surface area contributed by atoms with Gasteiger partial charge in [0.2, 0.25) is 5.60 Å². The molecular formula is C20H22ClF3O2. The highest BCUT2D eigenvalue weighted by molar-refractivity contribution is 6.31. The Morgan fingerprint density at radius 1 is 1.23 bits per heavy atom. The topological polar surface area (TPSA) is 40.5 Å². The number of halogens is 4. The van der Waals surface area contributed by atoms with Gasteiger partial charge in [-0.3, -0.25) is 0 Å². The third kappa shape index (κ3) is 2.22. The number of allylic oxidation sites excluding steroid dienone is 1. The van der Waals surface area contributed by atoms with Crippen LogP contribution in [-0.4, -0.2) is 22.0 Å². The van der Waals surface area contributed by atoms with E-state index in [9.17, 15) is 23.4 Å². The number of aliphatic hydroxyl groups is 1. The summed E-state index contributed by atoms with van der Waals surface area (Å²) in [6.45, 7) is 1.56. The van der Waals surface area contributed by atoms with Crippen LogP contribution < -0.4 is 0 Å². The van der Waals surface area contributed by atoms with Gasteiger partial charge in [0.15, 0.2) is 0 Å². The average Bonchev–Trinajstić information content (AvgIpc) is 2.57. The first-order valence-electron chi connectivity index (χ1n) is 9.06. The molecule has 0 radical (unpaired) electrons. The van der Waals surface area contributed by atoms with Crippen molar-refractivity contribution in [3.05, 3.63) is 40.4 Å². The lowest BCUT2D eigenvalue weighted by molar-refractivity contribution is -0.300. The monoisotopic (exact) mass is 386 g/mol. The second kappa shape index (κ2) is 5.65. The first kappa shape index (κ1) is 18.2. The van der Waals surface area contributed by atoms with Crippen LogP contribution in [0.25, 0.3) is 0 Å². The van der Waals surface area contributed by atoms with E-state index in [4.69, 9.17) is 11.6 Å². The number of fused-ring (bicyclic) bond motifs is 5. The summed E-state index contributed by atoms with van der Waals surface area (Å²) in [6.07, 6.45) is -0.630. The van der Waals surface area contributed by atoms with Gasteiger partial charge in [0, 0.05) is 5.41 Å². The molecular weight excluding hydrogens is 365 g/mol. The summed E-state index contributed by atoms with van der Waals surface area (Å²) in [5, 5.41) is 20.0. The van der Waals surface area contributed by atoms with E-state index in [1.165, 1.54) is 6.08 Å². The molecule has 142 valence electrons. The minimum atomic E-state index is -4.81. The van der Waals surface area contributed by atoms with Gasteiger partial charge in [0.05, 0.1) is 5.03 Å². The smallest absolute Gasteiger partial charge is 0.422 e. The van der Waals surface area contributed by atoms with Crippen molar-refractivity contribution in [2.75, 3.05) is 0 Å². The zero-order valence-electron chi connectivity index (χ0n) is 14.5. The van der Waals surface area contributed by atoms with Gasteiger partial charge >= 0.3 is 6.18 Å². The molecule has 0 bridgehead atoms. The molecule has 0 heterocycles. The van der Waals surface area contributed by atoms with Crippen molar-refractivity contribution in [2.24, 2.45) is 17.3 Å². The maximum atomic E-state index is 13.9. The Morgan fingerprint density at radius 3 is 2.65 bits per heavy atom. The van der Waals surface area contributed by atoms with Gasteiger partial charge in [-0.05, 0) is 73.1 Å². The standard InChI is InChI=1S/C20H22ClF3O2/c1-18-9-8-14-13-5-3-12(25)10-11(13)2-4-15(14)16(18)6-7-17(21)19(18,26)20(22,23)24/h3,5,7,10,14-16,25-26H,2,4,6,8-9H2,1H3/t14-,15-,16+,18+,19+/m1/s1. The highest BCUT2D eigenvalue weighted by Crippen LogP contribution is 2.66. The quantitative estimate of drug-likeness (QED) is 0.637. The molecule has 2 N–H and O–H groups in total. The molecule has 0 aliphatic heterocycles. The van der Waals surface area contributed by atoms with E-state index >= 15 is 0 Å². The van der Waals surface area contributed by atoms with E-state index in [-0.39, 0.29) is 29.9 Å². The van der Waals surface area contributed by atoms with Gasteiger partial charge in [-0.25, -0.2) is 0 Å². The van der Waals surface area contributed by atoms with Crippen LogP contribution in [0, 0.1) is 17.3 Å². The fourth-order valence-electron chi connectivity index (χ4n) is 5.88. The molecule has 0 unspecified atom stereocenters. The Bertz CT molecular complexity index is 775. The summed E-state index contributed by atoms with van der Waals surface area (Å²) in [5.74, 6) is 0.180. The van der Waals surface area contributed by atoms with Crippen LogP contribution in [0.5, 0.6) is 5.75 Å². The molecule has 3 aliphatic rings. The summed E-state index contributed by atoms with van der Waals surface area (Å²) >= 11 is 5.96. The Balaban J connectivity index is 1.78. The van der Waals surface area contributed by atoms with Gasteiger partial charge in [-0.15, -0.1) is 0 Å². The normalized spacial score (nSPS) is 39.5. The summed E-state index contributed by atoms with van der Waals surface area (Å²) < 4.78 is 41.7. The van der Waals surface area contributed by atoms with E-state index in [1.54, 1.807) is 19.1 Å². The van der Waals surface area contributed by atoms with Crippen molar-refractivity contribution in [2.45, 2.75) is 56.7 Å². The summed E-state index contributed by atoms with van der Waals surface area (Å²) in [7, 11) is 0. The molecule has 0 aromatic heterocycles. The van der Waals surface area contributed by atoms with E-state index in [0.717, 1.165) is 24.0 Å². The van der Waals surface area contributed by atoms with Gasteiger partial charge in [0.25, 0.3) is 0 Å². The van der Waals surface area contributed by atoms with Crippen molar-refractivity contribution in [1.29, 1.82) is 0 Å². The first-order chi connectivity index (χ1) is 12.1. The average molecular weight is 387 g/mol. The molecule has 1 fully saturated rings. The highest BCUT2D eigenvalue weighted by atomic mass is 35.5. The SMILES string of the molecule is C[C@]12CC[C@@H]3c4ccc(O)cc4CC[C@H]3[C@@H]1CC=C(Cl)[C@@]2(O)C(F)(F)F. The molecule has 0 spiro atoms. The predicted molar refractivity (Wildman–Crippen MR) is 93.0 cm³/mol. The molecule has 0 saturated heterocycles. The minimum absolute atomic E-state index is 0.0701. The minimum Gasteiger partial charge on any atom is -0.508 e. The zero-order valence-corrected chi connectivity index (χ0v) is 15.2. The Kier molecular flexibility index (Phi) is 3.95. The fraction of sp³-hybridized carbons (Fsp3) is 0.600. The van der Waals surface area contributed by atoms with Crippen LogP contribution in [0.4, 0.5) is 13.2 Å². The summed E-state index contributed by atoms with van der Waals surface area (Å²) in [6, 6.07) is 5.33. The first-order valence-corrected chi connectivity index (χ1v) is 9.44. The van der Waals surface area contributed by atoms with Crippen molar-refractivity contribution < 1.29 is 23.4 Å². The number of hydrogen-bond donors (Lipinski definition) is 2. The molecule has 1 saturated carbocycles. The van der Waals surface area contributed by atoms with Gasteiger partial charge < -0.3 is 10.2 Å². The lowest BCUT2D eigenvalue weighted by Crippen LogP contribution is -2.64. The van der Waals surface area contributed by atoms with E-state index < -0.39 is 22.2 Å². The van der Waals surface area contributed by atoms with Crippen molar-refractivity contribution in [1.82, 2.24) is 0 Å². The number of alkyl halides is 3. The number of benzene rings is 1. The molecule has 6 heteroatoms. The zero-order chi connectivity index (χ0) is 18.9. The van der Waals surface area contributed by atoms with Gasteiger partial charge in [-0.2, -0.15) is 13.2 Å². The van der Waals surface area contributed by atoms with Crippen LogP contribution in [0.2, 0.25) is 0 Å². The summed E-state index contributed by atoms with van der Waals surface area (Å²) in [5.41, 5.74) is -2.08. The fourth-order valence-corrected chi connectivity index (χ4v) is 6.30. The molecule has 4 rings (SSSR count). The second-order valence-electron chi connectivity index (χ2n) is 8.25. The molecule has 2 nitrogen and oxygen atoms in total. The van der Waals surface area contributed by atoms with Gasteiger partial charge in [-0.1, -0.05) is 30.7 Å². The van der Waals surface area contributed by atoms with E-state index in [1.807, 2.05) is 6.07 Å². The highest BCUT2D eigenvalue weighted by Gasteiger charge is 2.71. The molecule has 1 aromatic carbocycles. The Hall–Kier alpha value is -1.20. The lowest BCUT2D eigenvalue weighted by atomic mass is 9.47. The summed E-state index contributed by atoms with van der Waals surface area (Å²) in [4.78, 5) is 0. The number of phenolic OH excluding ortho intramolecular Hbond substituents is 1. The lowest BCUT2D eigenvalue weighted by Gasteiger charge is -2.59. The molecule has 26 heavy (non-hydrogen) atoms. The largest absolute Gasteiger partial charge is 0.508 e. The molecule has 3 aliphatic carbocycles. The molecule has 0 amide bonds. The number of rotatable bonds is 0. The van der Waals surface area contributed by atoms with Crippen LogP contribution in [0.1, 0.15) is 49.7 Å². The van der Waals surface area contributed by atoms with Gasteiger partial charge in [0.1, 0.15) is 5.75 Å². The van der Waals surface area contributed by atoms with Crippen LogP contribution >= 0.6 is 11.6 Å². The van der Waals surface area contributed by atoms with E-state index in [2.05, 4.69) is 0 Å². The second-order valence-corrected chi connectivity index (χ2v) is 8.66.